The SMILES string of the molecule is CC(C)(C)c1cc(Nc2ccc(-c3ccccc3)cc2)c2ccccc2c1. The summed E-state index contributed by atoms with van der Waals surface area (Å²) in [4.78, 5) is 0. The maximum atomic E-state index is 3.64. The van der Waals surface area contributed by atoms with Crippen molar-refractivity contribution in [1.82, 2.24) is 0 Å². The van der Waals surface area contributed by atoms with Crippen molar-refractivity contribution in [3.63, 3.8) is 0 Å². The highest BCUT2D eigenvalue weighted by Gasteiger charge is 2.16. The fourth-order valence-corrected chi connectivity index (χ4v) is 3.38. The third-order valence-electron chi connectivity index (χ3n) is 5.00. The van der Waals surface area contributed by atoms with Gasteiger partial charge in [-0.2, -0.15) is 0 Å². The summed E-state index contributed by atoms with van der Waals surface area (Å²) in [6, 6.07) is 32.3. The van der Waals surface area contributed by atoms with E-state index in [-0.39, 0.29) is 5.41 Å². The lowest BCUT2D eigenvalue weighted by atomic mass is 9.85. The van der Waals surface area contributed by atoms with Crippen LogP contribution in [-0.4, -0.2) is 0 Å². The molecule has 0 atom stereocenters. The summed E-state index contributed by atoms with van der Waals surface area (Å²) in [5, 5.41) is 6.16. The molecule has 0 aliphatic carbocycles. The molecular formula is C26H25N. The highest BCUT2D eigenvalue weighted by molar-refractivity contribution is 5.96. The van der Waals surface area contributed by atoms with E-state index in [1.165, 1.54) is 27.5 Å². The van der Waals surface area contributed by atoms with Gasteiger partial charge >= 0.3 is 0 Å². The van der Waals surface area contributed by atoms with Crippen molar-refractivity contribution in [3.8, 4) is 11.1 Å². The Labute approximate surface area is 161 Å². The first-order chi connectivity index (χ1) is 13.0. The molecule has 0 amide bonds. The molecule has 4 rings (SSSR count). The van der Waals surface area contributed by atoms with Crippen molar-refractivity contribution in [3.05, 3.63) is 96.6 Å². The molecule has 0 saturated carbocycles. The summed E-state index contributed by atoms with van der Waals surface area (Å²) in [6.07, 6.45) is 0. The van der Waals surface area contributed by atoms with Gasteiger partial charge in [0, 0.05) is 16.8 Å². The van der Waals surface area contributed by atoms with Gasteiger partial charge in [0.05, 0.1) is 0 Å². The van der Waals surface area contributed by atoms with Gasteiger partial charge in [-0.15, -0.1) is 0 Å². The van der Waals surface area contributed by atoms with Gasteiger partial charge in [-0.05, 0) is 45.7 Å². The van der Waals surface area contributed by atoms with Crippen LogP contribution in [0.2, 0.25) is 0 Å². The minimum absolute atomic E-state index is 0.109. The number of fused-ring (bicyclic) bond motifs is 1. The van der Waals surface area contributed by atoms with E-state index in [4.69, 9.17) is 0 Å². The zero-order valence-electron chi connectivity index (χ0n) is 16.2. The molecule has 4 aromatic carbocycles. The molecular weight excluding hydrogens is 326 g/mol. The average molecular weight is 351 g/mol. The number of benzene rings is 4. The second-order valence-corrected chi connectivity index (χ2v) is 8.06. The molecule has 0 aliphatic rings. The van der Waals surface area contributed by atoms with Gasteiger partial charge in [0.15, 0.2) is 0 Å². The van der Waals surface area contributed by atoms with Crippen molar-refractivity contribution in [2.24, 2.45) is 0 Å². The van der Waals surface area contributed by atoms with Crippen molar-refractivity contribution < 1.29 is 0 Å². The second kappa shape index (κ2) is 6.92. The van der Waals surface area contributed by atoms with Gasteiger partial charge in [-0.1, -0.05) is 93.6 Å². The highest BCUT2D eigenvalue weighted by atomic mass is 14.9. The summed E-state index contributed by atoms with van der Waals surface area (Å²) in [5.41, 5.74) is 6.18. The molecule has 4 aromatic rings. The monoisotopic (exact) mass is 351 g/mol. The van der Waals surface area contributed by atoms with E-state index in [1.54, 1.807) is 0 Å². The zero-order chi connectivity index (χ0) is 18.9. The quantitative estimate of drug-likeness (QED) is 0.402. The molecule has 1 heteroatoms. The van der Waals surface area contributed by atoms with Gasteiger partial charge in [0.25, 0.3) is 0 Å². The third kappa shape index (κ3) is 3.73. The molecule has 134 valence electrons. The van der Waals surface area contributed by atoms with Crippen molar-refractivity contribution in [2.75, 3.05) is 5.32 Å². The number of rotatable bonds is 3. The van der Waals surface area contributed by atoms with Crippen molar-refractivity contribution >= 4 is 22.1 Å². The van der Waals surface area contributed by atoms with E-state index in [9.17, 15) is 0 Å². The molecule has 0 saturated heterocycles. The largest absolute Gasteiger partial charge is 0.355 e. The lowest BCUT2D eigenvalue weighted by Gasteiger charge is -2.22. The number of anilines is 2. The van der Waals surface area contributed by atoms with Crippen LogP contribution in [0.5, 0.6) is 0 Å². The Kier molecular flexibility index (Phi) is 4.45. The lowest BCUT2D eigenvalue weighted by molar-refractivity contribution is 0.591. The molecule has 0 unspecified atom stereocenters. The van der Waals surface area contributed by atoms with E-state index < -0.39 is 0 Å². The first-order valence-electron chi connectivity index (χ1n) is 9.46. The summed E-state index contributed by atoms with van der Waals surface area (Å²) < 4.78 is 0. The Balaban J connectivity index is 1.71. The maximum Gasteiger partial charge on any atom is 0.0466 e. The smallest absolute Gasteiger partial charge is 0.0466 e. The van der Waals surface area contributed by atoms with Gasteiger partial charge in [-0.25, -0.2) is 0 Å². The van der Waals surface area contributed by atoms with Crippen LogP contribution in [0.1, 0.15) is 26.3 Å². The molecule has 1 nitrogen and oxygen atoms in total. The van der Waals surface area contributed by atoms with Crippen LogP contribution >= 0.6 is 0 Å². The number of hydrogen-bond donors (Lipinski definition) is 1. The number of nitrogens with one attached hydrogen (secondary N) is 1. The highest BCUT2D eigenvalue weighted by Crippen LogP contribution is 2.33. The Hall–Kier alpha value is -3.06. The fraction of sp³-hybridized carbons (Fsp3) is 0.154. The predicted molar refractivity (Wildman–Crippen MR) is 118 cm³/mol. The minimum atomic E-state index is 0.109. The molecule has 0 spiro atoms. The van der Waals surface area contributed by atoms with Crippen LogP contribution in [0.4, 0.5) is 11.4 Å². The summed E-state index contributed by atoms with van der Waals surface area (Å²) in [7, 11) is 0. The topological polar surface area (TPSA) is 12.0 Å². The van der Waals surface area contributed by atoms with E-state index in [0.29, 0.717) is 0 Å². The van der Waals surface area contributed by atoms with Crippen molar-refractivity contribution in [2.45, 2.75) is 26.2 Å². The van der Waals surface area contributed by atoms with Crippen LogP contribution in [0.15, 0.2) is 91.0 Å². The lowest BCUT2D eigenvalue weighted by Crippen LogP contribution is -2.11. The Morgan fingerprint density at radius 1 is 0.630 bits per heavy atom. The molecule has 0 aliphatic heterocycles. The molecule has 0 heterocycles. The van der Waals surface area contributed by atoms with Crippen LogP contribution in [0, 0.1) is 0 Å². The predicted octanol–water partition coefficient (Wildman–Crippen LogP) is 7.55. The van der Waals surface area contributed by atoms with E-state index in [1.807, 2.05) is 6.07 Å². The second-order valence-electron chi connectivity index (χ2n) is 8.06. The Bertz CT molecular complexity index is 1050. The summed E-state index contributed by atoms with van der Waals surface area (Å²) >= 11 is 0. The normalized spacial score (nSPS) is 11.5. The van der Waals surface area contributed by atoms with Gasteiger partial charge in [0.1, 0.15) is 0 Å². The van der Waals surface area contributed by atoms with Gasteiger partial charge < -0.3 is 5.32 Å². The molecule has 0 bridgehead atoms. The maximum absolute atomic E-state index is 3.64. The fourth-order valence-electron chi connectivity index (χ4n) is 3.38. The van der Waals surface area contributed by atoms with Crippen LogP contribution in [-0.2, 0) is 5.41 Å². The van der Waals surface area contributed by atoms with Gasteiger partial charge in [-0.3, -0.25) is 0 Å². The van der Waals surface area contributed by atoms with E-state index in [0.717, 1.165) is 11.4 Å². The van der Waals surface area contributed by atoms with Crippen molar-refractivity contribution in [1.29, 1.82) is 0 Å². The average Bonchev–Trinajstić information content (AvgIpc) is 2.68. The number of hydrogen-bond acceptors (Lipinski definition) is 1. The van der Waals surface area contributed by atoms with Crippen LogP contribution in [0.3, 0.4) is 0 Å². The van der Waals surface area contributed by atoms with Gasteiger partial charge in [0.2, 0.25) is 0 Å². The van der Waals surface area contributed by atoms with E-state index in [2.05, 4.69) is 111 Å². The van der Waals surface area contributed by atoms with E-state index >= 15 is 0 Å². The third-order valence-corrected chi connectivity index (χ3v) is 5.00. The zero-order valence-corrected chi connectivity index (χ0v) is 16.2. The Morgan fingerprint density at radius 3 is 1.96 bits per heavy atom. The first kappa shape index (κ1) is 17.4. The summed E-state index contributed by atoms with van der Waals surface area (Å²) in [5.74, 6) is 0. The molecule has 1 N–H and O–H groups in total. The molecule has 0 aromatic heterocycles. The first-order valence-corrected chi connectivity index (χ1v) is 9.46. The minimum Gasteiger partial charge on any atom is -0.355 e. The van der Waals surface area contributed by atoms with Crippen LogP contribution < -0.4 is 5.32 Å². The summed E-state index contributed by atoms with van der Waals surface area (Å²) in [6.45, 7) is 6.78. The van der Waals surface area contributed by atoms with Crippen LogP contribution in [0.25, 0.3) is 21.9 Å². The molecule has 27 heavy (non-hydrogen) atoms. The standard InChI is InChI=1S/C26H25N/c1-26(2,3)22-17-21-11-7-8-12-24(21)25(18-22)27-23-15-13-20(14-16-23)19-9-5-4-6-10-19/h4-18,27H,1-3H3. The Morgan fingerprint density at radius 2 is 1.26 bits per heavy atom. The molecule has 0 radical (unpaired) electrons. The molecule has 0 fully saturated rings.